The van der Waals surface area contributed by atoms with E-state index in [9.17, 15) is 0 Å². The Morgan fingerprint density at radius 1 is 1.14 bits per heavy atom. The van der Waals surface area contributed by atoms with Gasteiger partial charge in [-0.05, 0) is 29.8 Å². The lowest BCUT2D eigenvalue weighted by Gasteiger charge is -2.06. The van der Waals surface area contributed by atoms with Crippen LogP contribution in [0.1, 0.15) is 0 Å². The van der Waals surface area contributed by atoms with Crippen molar-refractivity contribution in [2.45, 2.75) is 0 Å². The molecule has 21 heavy (non-hydrogen) atoms. The number of hydrogen-bond donors (Lipinski definition) is 1. The summed E-state index contributed by atoms with van der Waals surface area (Å²) >= 11 is 5.88. The molecule has 1 N–H and O–H groups in total. The second-order valence-electron chi connectivity index (χ2n) is 4.39. The molecular weight excluding hydrogens is 290 g/mol. The van der Waals surface area contributed by atoms with Gasteiger partial charge in [0.15, 0.2) is 5.65 Å². The molecule has 3 heterocycles. The summed E-state index contributed by atoms with van der Waals surface area (Å²) in [6.45, 7) is 0. The van der Waals surface area contributed by atoms with E-state index in [2.05, 4.69) is 25.1 Å². The normalized spacial score (nSPS) is 11.1. The molecule has 0 bridgehead atoms. The molecule has 0 amide bonds. The maximum Gasteiger partial charge on any atom is 0.234 e. The van der Waals surface area contributed by atoms with E-state index < -0.39 is 0 Å². The minimum absolute atomic E-state index is 0.0978. The smallest absolute Gasteiger partial charge is 0.234 e. The van der Waals surface area contributed by atoms with Gasteiger partial charge in [0.2, 0.25) is 11.2 Å². The van der Waals surface area contributed by atoms with Crippen molar-refractivity contribution >= 4 is 33.5 Å². The summed E-state index contributed by atoms with van der Waals surface area (Å²) in [6.07, 6.45) is 3.34. The van der Waals surface area contributed by atoms with Gasteiger partial charge in [0.1, 0.15) is 11.1 Å². The lowest BCUT2D eigenvalue weighted by Crippen LogP contribution is -1.92. The molecule has 6 nitrogen and oxygen atoms in total. The van der Waals surface area contributed by atoms with E-state index in [4.69, 9.17) is 16.3 Å². The predicted molar refractivity (Wildman–Crippen MR) is 78.5 cm³/mol. The predicted octanol–water partition coefficient (Wildman–Crippen LogP) is 3.35. The van der Waals surface area contributed by atoms with Crippen LogP contribution in [-0.2, 0) is 0 Å². The van der Waals surface area contributed by atoms with Gasteiger partial charge in [-0.15, -0.1) is 0 Å². The molecule has 4 aromatic rings. The van der Waals surface area contributed by atoms with E-state index >= 15 is 0 Å². The number of benzene rings is 1. The first-order valence-electron chi connectivity index (χ1n) is 6.19. The zero-order chi connectivity index (χ0) is 14.2. The Morgan fingerprint density at radius 2 is 2.10 bits per heavy atom. The third-order valence-corrected chi connectivity index (χ3v) is 3.21. The summed E-state index contributed by atoms with van der Waals surface area (Å²) < 4.78 is 5.80. The van der Waals surface area contributed by atoms with Gasteiger partial charge in [0.25, 0.3) is 0 Å². The van der Waals surface area contributed by atoms with Crippen molar-refractivity contribution in [3.63, 3.8) is 0 Å². The number of aromatic nitrogens is 5. The number of pyridine rings is 1. The van der Waals surface area contributed by atoms with Crippen LogP contribution >= 0.6 is 11.6 Å². The molecule has 0 aliphatic carbocycles. The highest BCUT2D eigenvalue weighted by Crippen LogP contribution is 2.28. The van der Waals surface area contributed by atoms with Crippen LogP contribution in [0, 0.1) is 0 Å². The Hall–Kier alpha value is -2.73. The number of H-pyrrole nitrogens is 1. The number of hydrogen-bond acceptors (Lipinski definition) is 5. The average Bonchev–Trinajstić information content (AvgIpc) is 2.95. The fourth-order valence-electron chi connectivity index (χ4n) is 2.08. The maximum atomic E-state index is 5.88. The minimum Gasteiger partial charge on any atom is -0.438 e. The lowest BCUT2D eigenvalue weighted by atomic mass is 10.2. The highest BCUT2D eigenvalue weighted by Gasteiger charge is 2.11. The average molecular weight is 298 g/mol. The van der Waals surface area contributed by atoms with Crippen molar-refractivity contribution in [3.8, 4) is 11.6 Å². The summed E-state index contributed by atoms with van der Waals surface area (Å²) in [4.78, 5) is 12.4. The van der Waals surface area contributed by atoms with E-state index in [1.54, 1.807) is 12.4 Å². The molecule has 0 unspecified atom stereocenters. The van der Waals surface area contributed by atoms with Crippen molar-refractivity contribution in [3.05, 3.63) is 48.0 Å². The molecule has 102 valence electrons. The van der Waals surface area contributed by atoms with Gasteiger partial charge in [-0.3, -0.25) is 10.1 Å². The fraction of sp³-hybridized carbons (Fsp3) is 0. The number of ether oxygens (including phenoxy) is 1. The first-order chi connectivity index (χ1) is 10.3. The number of nitrogens with one attached hydrogen (secondary N) is 1. The molecule has 0 aliphatic rings. The molecule has 0 saturated heterocycles. The molecule has 0 radical (unpaired) electrons. The van der Waals surface area contributed by atoms with Crippen LogP contribution in [0.3, 0.4) is 0 Å². The van der Waals surface area contributed by atoms with Crippen molar-refractivity contribution < 1.29 is 4.74 Å². The Labute approximate surface area is 123 Å². The summed E-state index contributed by atoms with van der Waals surface area (Å²) in [5, 5.41) is 8.46. The molecule has 0 saturated carbocycles. The Morgan fingerprint density at radius 3 is 3.05 bits per heavy atom. The van der Waals surface area contributed by atoms with E-state index in [-0.39, 0.29) is 5.28 Å². The van der Waals surface area contributed by atoms with Gasteiger partial charge in [0.05, 0.1) is 11.7 Å². The van der Waals surface area contributed by atoms with Crippen LogP contribution in [0.2, 0.25) is 5.28 Å². The van der Waals surface area contributed by atoms with Crippen LogP contribution in [0.25, 0.3) is 21.9 Å². The van der Waals surface area contributed by atoms with Gasteiger partial charge < -0.3 is 4.74 Å². The summed E-state index contributed by atoms with van der Waals surface area (Å²) in [5.74, 6) is 0.979. The van der Waals surface area contributed by atoms with Crippen molar-refractivity contribution in [1.29, 1.82) is 0 Å². The molecule has 1 aromatic carbocycles. The lowest BCUT2D eigenvalue weighted by molar-refractivity contribution is 0.469. The number of nitrogens with zero attached hydrogens (tertiary/aromatic N) is 4. The van der Waals surface area contributed by atoms with E-state index in [0.29, 0.717) is 22.7 Å². The largest absolute Gasteiger partial charge is 0.438 e. The highest BCUT2D eigenvalue weighted by atomic mass is 35.5. The van der Waals surface area contributed by atoms with Crippen molar-refractivity contribution in [1.82, 2.24) is 25.1 Å². The molecule has 0 atom stereocenters. The maximum absolute atomic E-state index is 5.88. The second kappa shape index (κ2) is 4.68. The molecule has 7 heteroatoms. The molecule has 0 aliphatic heterocycles. The Kier molecular flexibility index (Phi) is 2.68. The summed E-state index contributed by atoms with van der Waals surface area (Å²) in [5.41, 5.74) is 1.38. The first-order valence-corrected chi connectivity index (χ1v) is 6.57. The topological polar surface area (TPSA) is 76.6 Å². The van der Waals surface area contributed by atoms with Crippen LogP contribution in [-0.4, -0.2) is 25.1 Å². The second-order valence-corrected chi connectivity index (χ2v) is 4.73. The van der Waals surface area contributed by atoms with Crippen molar-refractivity contribution in [2.24, 2.45) is 0 Å². The van der Waals surface area contributed by atoms with Crippen LogP contribution in [0.4, 0.5) is 0 Å². The fourth-order valence-corrected chi connectivity index (χ4v) is 2.24. The Balaban J connectivity index is 1.80. The Bertz CT molecular complexity index is 952. The first kappa shape index (κ1) is 12.0. The molecule has 0 fully saturated rings. The molecular formula is C14H8ClN5O. The van der Waals surface area contributed by atoms with Crippen molar-refractivity contribution in [2.75, 3.05) is 0 Å². The molecule has 4 rings (SSSR count). The third kappa shape index (κ3) is 2.15. The van der Waals surface area contributed by atoms with Gasteiger partial charge in [-0.25, -0.2) is 0 Å². The number of halogens is 1. The van der Waals surface area contributed by atoms with Gasteiger partial charge in [-0.2, -0.15) is 15.1 Å². The summed E-state index contributed by atoms with van der Waals surface area (Å²) in [6, 6.07) is 9.51. The van der Waals surface area contributed by atoms with Crippen LogP contribution in [0.5, 0.6) is 11.6 Å². The van der Waals surface area contributed by atoms with Gasteiger partial charge in [-0.1, -0.05) is 6.07 Å². The van der Waals surface area contributed by atoms with E-state index in [1.165, 1.54) is 0 Å². The third-order valence-electron chi connectivity index (χ3n) is 3.04. The van der Waals surface area contributed by atoms with E-state index in [0.717, 1.165) is 10.9 Å². The minimum atomic E-state index is 0.0978. The van der Waals surface area contributed by atoms with Gasteiger partial charge >= 0.3 is 0 Å². The summed E-state index contributed by atoms with van der Waals surface area (Å²) in [7, 11) is 0. The molecule has 0 spiro atoms. The van der Waals surface area contributed by atoms with Crippen LogP contribution in [0.15, 0.2) is 42.7 Å². The SMILES string of the molecule is Clc1nc(Oc2ccc3cccnc3c2)c2cn[nH]c2n1. The number of aromatic amines is 1. The number of fused-ring (bicyclic) bond motifs is 2. The number of rotatable bonds is 2. The van der Waals surface area contributed by atoms with Crippen LogP contribution < -0.4 is 4.74 Å². The zero-order valence-corrected chi connectivity index (χ0v) is 11.4. The molecule has 3 aromatic heterocycles. The standard InChI is InChI=1S/C14H8ClN5O/c15-14-18-12-10(7-17-20-12)13(19-14)21-9-4-3-8-2-1-5-16-11(8)6-9/h1-7H,(H,17,18,19,20). The van der Waals surface area contributed by atoms with Gasteiger partial charge in [0, 0.05) is 17.6 Å². The monoisotopic (exact) mass is 297 g/mol. The van der Waals surface area contributed by atoms with E-state index in [1.807, 2.05) is 30.3 Å². The highest BCUT2D eigenvalue weighted by molar-refractivity contribution is 6.28. The zero-order valence-electron chi connectivity index (χ0n) is 10.6. The quantitative estimate of drug-likeness (QED) is 0.574.